The van der Waals surface area contributed by atoms with Gasteiger partial charge in [-0.15, -0.1) is 0 Å². The van der Waals surface area contributed by atoms with Crippen molar-refractivity contribution >= 4 is 17.3 Å². The Balaban J connectivity index is 1.91. The lowest BCUT2D eigenvalue weighted by atomic mass is 10.1. The van der Waals surface area contributed by atoms with Crippen LogP contribution >= 0.6 is 11.6 Å². The number of nitrogens with one attached hydrogen (secondary N) is 1. The van der Waals surface area contributed by atoms with Gasteiger partial charge in [0.25, 0.3) is 0 Å². The zero-order valence-corrected chi connectivity index (χ0v) is 11.3. The van der Waals surface area contributed by atoms with Gasteiger partial charge < -0.3 is 10.2 Å². The zero-order valence-electron chi connectivity index (χ0n) is 10.6. The minimum atomic E-state index is 0.274. The van der Waals surface area contributed by atoms with Crippen molar-refractivity contribution in [2.75, 3.05) is 24.5 Å². The van der Waals surface area contributed by atoms with Crippen molar-refractivity contribution in [3.63, 3.8) is 0 Å². The molecule has 1 saturated heterocycles. The van der Waals surface area contributed by atoms with Crippen LogP contribution in [0.5, 0.6) is 0 Å². The van der Waals surface area contributed by atoms with E-state index in [4.69, 9.17) is 11.6 Å². The summed E-state index contributed by atoms with van der Waals surface area (Å²) in [6.45, 7) is 2.88. The maximum Gasteiger partial charge on any atom is 0.0838 e. The van der Waals surface area contributed by atoms with Crippen LogP contribution in [0.2, 0.25) is 5.02 Å². The summed E-state index contributed by atoms with van der Waals surface area (Å²) in [5.41, 5.74) is 2.30. The molecule has 1 unspecified atom stereocenters. The third-order valence-electron chi connectivity index (χ3n) is 3.43. The van der Waals surface area contributed by atoms with Gasteiger partial charge in [0, 0.05) is 36.5 Å². The van der Waals surface area contributed by atoms with E-state index in [1.165, 1.54) is 5.69 Å². The van der Waals surface area contributed by atoms with Crippen molar-refractivity contribution in [3.05, 3.63) is 59.4 Å². The van der Waals surface area contributed by atoms with E-state index in [0.717, 1.165) is 30.4 Å². The molecule has 1 aromatic carbocycles. The third kappa shape index (κ3) is 2.72. The number of hydrogen-bond acceptors (Lipinski definition) is 3. The van der Waals surface area contributed by atoms with Crippen LogP contribution in [0.3, 0.4) is 0 Å². The molecule has 3 rings (SSSR count). The van der Waals surface area contributed by atoms with Crippen molar-refractivity contribution in [2.45, 2.75) is 6.04 Å². The first kappa shape index (κ1) is 12.5. The highest BCUT2D eigenvalue weighted by molar-refractivity contribution is 6.30. The minimum absolute atomic E-state index is 0.274. The second kappa shape index (κ2) is 5.59. The zero-order chi connectivity index (χ0) is 13.1. The highest BCUT2D eigenvalue weighted by Crippen LogP contribution is 2.28. The average Bonchev–Trinajstić information content (AvgIpc) is 2.49. The molecule has 1 atom stereocenters. The number of benzene rings is 1. The predicted molar refractivity (Wildman–Crippen MR) is 78.6 cm³/mol. The molecule has 19 heavy (non-hydrogen) atoms. The van der Waals surface area contributed by atoms with Gasteiger partial charge in [0.2, 0.25) is 0 Å². The first-order valence-electron chi connectivity index (χ1n) is 6.48. The molecule has 98 valence electrons. The standard InChI is InChI=1S/C15H16ClN3/c16-12-4-6-13(7-5-12)19-10-9-17-11-15(19)14-3-1-2-8-18-14/h1-8,15,17H,9-11H2. The molecular weight excluding hydrogens is 258 g/mol. The first-order chi connectivity index (χ1) is 9.34. The monoisotopic (exact) mass is 273 g/mol. The molecule has 0 spiro atoms. The van der Waals surface area contributed by atoms with E-state index in [1.807, 2.05) is 30.5 Å². The lowest BCUT2D eigenvalue weighted by Crippen LogP contribution is -2.46. The number of nitrogens with zero attached hydrogens (tertiary/aromatic N) is 2. The molecule has 0 saturated carbocycles. The first-order valence-corrected chi connectivity index (χ1v) is 6.86. The van der Waals surface area contributed by atoms with Crippen LogP contribution in [-0.4, -0.2) is 24.6 Å². The molecule has 2 aromatic rings. The third-order valence-corrected chi connectivity index (χ3v) is 3.68. The summed E-state index contributed by atoms with van der Waals surface area (Å²) >= 11 is 5.96. The number of halogens is 1. The van der Waals surface area contributed by atoms with Crippen LogP contribution in [0.4, 0.5) is 5.69 Å². The Morgan fingerprint density at radius 3 is 2.74 bits per heavy atom. The number of piperazine rings is 1. The van der Waals surface area contributed by atoms with E-state index in [0.29, 0.717) is 0 Å². The van der Waals surface area contributed by atoms with E-state index in [9.17, 15) is 0 Å². The number of hydrogen-bond donors (Lipinski definition) is 1. The lowest BCUT2D eigenvalue weighted by molar-refractivity contribution is 0.482. The maximum absolute atomic E-state index is 5.96. The fraction of sp³-hybridized carbons (Fsp3) is 0.267. The van der Waals surface area contributed by atoms with Crippen LogP contribution in [0.15, 0.2) is 48.7 Å². The number of pyridine rings is 1. The smallest absolute Gasteiger partial charge is 0.0838 e. The molecule has 1 aromatic heterocycles. The van der Waals surface area contributed by atoms with Crippen molar-refractivity contribution in [1.82, 2.24) is 10.3 Å². The summed E-state index contributed by atoms with van der Waals surface area (Å²) in [6, 6.07) is 14.4. The van der Waals surface area contributed by atoms with E-state index in [-0.39, 0.29) is 6.04 Å². The van der Waals surface area contributed by atoms with Crippen LogP contribution in [-0.2, 0) is 0 Å². The fourth-order valence-corrected chi connectivity index (χ4v) is 2.61. The van der Waals surface area contributed by atoms with Crippen LogP contribution in [0, 0.1) is 0 Å². The van der Waals surface area contributed by atoms with Crippen LogP contribution in [0.1, 0.15) is 11.7 Å². The molecule has 1 N–H and O–H groups in total. The average molecular weight is 274 g/mol. The Hall–Kier alpha value is -1.58. The second-order valence-electron chi connectivity index (χ2n) is 4.64. The summed E-state index contributed by atoms with van der Waals surface area (Å²) in [7, 11) is 0. The normalized spacial score (nSPS) is 19.4. The fourth-order valence-electron chi connectivity index (χ4n) is 2.48. The van der Waals surface area contributed by atoms with Gasteiger partial charge in [-0.3, -0.25) is 4.98 Å². The SMILES string of the molecule is Clc1ccc(N2CCNCC2c2ccccn2)cc1. The number of rotatable bonds is 2. The summed E-state index contributed by atoms with van der Waals surface area (Å²) in [4.78, 5) is 6.87. The van der Waals surface area contributed by atoms with Gasteiger partial charge in [0.1, 0.15) is 0 Å². The summed E-state index contributed by atoms with van der Waals surface area (Å²) in [5, 5.41) is 4.21. The molecule has 0 bridgehead atoms. The Morgan fingerprint density at radius 1 is 1.16 bits per heavy atom. The van der Waals surface area contributed by atoms with Crippen molar-refractivity contribution in [1.29, 1.82) is 0 Å². The van der Waals surface area contributed by atoms with Gasteiger partial charge in [0.05, 0.1) is 11.7 Å². The van der Waals surface area contributed by atoms with Gasteiger partial charge in [-0.1, -0.05) is 17.7 Å². The molecule has 3 nitrogen and oxygen atoms in total. The van der Waals surface area contributed by atoms with Gasteiger partial charge in [0.15, 0.2) is 0 Å². The molecule has 2 heterocycles. The highest BCUT2D eigenvalue weighted by atomic mass is 35.5. The quantitative estimate of drug-likeness (QED) is 0.912. The summed E-state index contributed by atoms with van der Waals surface area (Å²) in [5.74, 6) is 0. The van der Waals surface area contributed by atoms with E-state index in [2.05, 4.69) is 33.4 Å². The molecule has 4 heteroatoms. The van der Waals surface area contributed by atoms with E-state index in [1.54, 1.807) is 0 Å². The molecular formula is C15H16ClN3. The number of anilines is 1. The van der Waals surface area contributed by atoms with E-state index >= 15 is 0 Å². The molecule has 1 fully saturated rings. The van der Waals surface area contributed by atoms with Gasteiger partial charge in [-0.25, -0.2) is 0 Å². The lowest BCUT2D eigenvalue weighted by Gasteiger charge is -2.37. The van der Waals surface area contributed by atoms with Crippen LogP contribution in [0.25, 0.3) is 0 Å². The van der Waals surface area contributed by atoms with Gasteiger partial charge in [-0.2, -0.15) is 0 Å². The Kier molecular flexibility index (Phi) is 3.67. The minimum Gasteiger partial charge on any atom is -0.360 e. The number of aromatic nitrogens is 1. The van der Waals surface area contributed by atoms with Crippen molar-refractivity contribution in [3.8, 4) is 0 Å². The predicted octanol–water partition coefficient (Wildman–Crippen LogP) is 2.89. The van der Waals surface area contributed by atoms with E-state index < -0.39 is 0 Å². The van der Waals surface area contributed by atoms with Crippen molar-refractivity contribution < 1.29 is 0 Å². The second-order valence-corrected chi connectivity index (χ2v) is 5.08. The maximum atomic E-state index is 5.96. The van der Waals surface area contributed by atoms with Crippen LogP contribution < -0.4 is 10.2 Å². The molecule has 0 aliphatic carbocycles. The Bertz CT molecular complexity index is 527. The molecule has 0 amide bonds. The largest absolute Gasteiger partial charge is 0.360 e. The Morgan fingerprint density at radius 2 is 2.00 bits per heavy atom. The summed E-state index contributed by atoms with van der Waals surface area (Å²) in [6.07, 6.45) is 1.85. The topological polar surface area (TPSA) is 28.2 Å². The van der Waals surface area contributed by atoms with Gasteiger partial charge in [-0.05, 0) is 36.4 Å². The Labute approximate surface area is 118 Å². The molecule has 0 radical (unpaired) electrons. The highest BCUT2D eigenvalue weighted by Gasteiger charge is 2.24. The molecule has 1 aliphatic rings. The van der Waals surface area contributed by atoms with Crippen molar-refractivity contribution in [2.24, 2.45) is 0 Å². The summed E-state index contributed by atoms with van der Waals surface area (Å²) < 4.78 is 0. The molecule has 1 aliphatic heterocycles. The van der Waals surface area contributed by atoms with Gasteiger partial charge >= 0.3 is 0 Å².